The standard InChI is InChI=1S/C10H22N2O2S/c1-3-7-15(13,14)8-6-12-5-4-10(9-12)11-2/h10-11H,3-9H2,1-2H3. The molecule has 0 aromatic carbocycles. The second-order valence-corrected chi connectivity index (χ2v) is 6.53. The smallest absolute Gasteiger partial charge is 0.151 e. The quantitative estimate of drug-likeness (QED) is 0.708. The average molecular weight is 234 g/mol. The molecule has 0 amide bonds. The first kappa shape index (κ1) is 12.9. The van der Waals surface area contributed by atoms with Gasteiger partial charge in [-0.25, -0.2) is 8.42 Å². The van der Waals surface area contributed by atoms with Crippen molar-refractivity contribution in [1.29, 1.82) is 0 Å². The highest BCUT2D eigenvalue weighted by atomic mass is 32.2. The summed E-state index contributed by atoms with van der Waals surface area (Å²) in [6, 6.07) is 0.541. The fourth-order valence-electron chi connectivity index (χ4n) is 1.95. The fraction of sp³-hybridized carbons (Fsp3) is 1.00. The van der Waals surface area contributed by atoms with E-state index in [1.807, 2.05) is 14.0 Å². The number of nitrogens with one attached hydrogen (secondary N) is 1. The molecular formula is C10H22N2O2S. The maximum atomic E-state index is 11.5. The van der Waals surface area contributed by atoms with Crippen molar-refractivity contribution in [1.82, 2.24) is 10.2 Å². The highest BCUT2D eigenvalue weighted by Crippen LogP contribution is 2.08. The molecule has 0 bridgehead atoms. The van der Waals surface area contributed by atoms with Crippen molar-refractivity contribution in [3.63, 3.8) is 0 Å². The lowest BCUT2D eigenvalue weighted by molar-refractivity contribution is 0.349. The van der Waals surface area contributed by atoms with Crippen LogP contribution >= 0.6 is 0 Å². The van der Waals surface area contributed by atoms with Crippen molar-refractivity contribution in [3.8, 4) is 0 Å². The van der Waals surface area contributed by atoms with Gasteiger partial charge in [0, 0.05) is 24.9 Å². The van der Waals surface area contributed by atoms with Gasteiger partial charge < -0.3 is 10.2 Å². The van der Waals surface area contributed by atoms with Gasteiger partial charge in [-0.2, -0.15) is 0 Å². The summed E-state index contributed by atoms with van der Waals surface area (Å²) in [6.45, 7) is 4.61. The monoisotopic (exact) mass is 234 g/mol. The van der Waals surface area contributed by atoms with Gasteiger partial charge >= 0.3 is 0 Å². The summed E-state index contributed by atoms with van der Waals surface area (Å²) in [5.74, 6) is 0.646. The van der Waals surface area contributed by atoms with Gasteiger partial charge in [-0.1, -0.05) is 6.92 Å². The van der Waals surface area contributed by atoms with Crippen LogP contribution in [-0.2, 0) is 9.84 Å². The second-order valence-electron chi connectivity index (χ2n) is 4.23. The molecular weight excluding hydrogens is 212 g/mol. The Kier molecular flexibility index (Phi) is 5.02. The molecule has 0 aliphatic carbocycles. The van der Waals surface area contributed by atoms with Gasteiger partial charge in [0.2, 0.25) is 0 Å². The molecule has 0 saturated carbocycles. The average Bonchev–Trinajstić information content (AvgIpc) is 2.62. The zero-order chi connectivity index (χ0) is 11.3. The van der Waals surface area contributed by atoms with Crippen LogP contribution in [0.4, 0.5) is 0 Å². The highest BCUT2D eigenvalue weighted by Gasteiger charge is 2.22. The largest absolute Gasteiger partial charge is 0.316 e. The van der Waals surface area contributed by atoms with Gasteiger partial charge in [0.15, 0.2) is 9.84 Å². The number of hydrogen-bond acceptors (Lipinski definition) is 4. The van der Waals surface area contributed by atoms with Crippen LogP contribution in [0.3, 0.4) is 0 Å². The number of rotatable bonds is 6. The summed E-state index contributed by atoms with van der Waals surface area (Å²) in [5.41, 5.74) is 0. The Hall–Kier alpha value is -0.130. The minimum atomic E-state index is -2.81. The number of hydrogen-bond donors (Lipinski definition) is 1. The third-order valence-corrected chi connectivity index (χ3v) is 4.75. The van der Waals surface area contributed by atoms with Crippen molar-refractivity contribution in [2.45, 2.75) is 25.8 Å². The summed E-state index contributed by atoms with van der Waals surface area (Å²) >= 11 is 0. The molecule has 15 heavy (non-hydrogen) atoms. The van der Waals surface area contributed by atoms with E-state index in [1.165, 1.54) is 0 Å². The van der Waals surface area contributed by atoms with Crippen molar-refractivity contribution >= 4 is 9.84 Å². The Balaban J connectivity index is 2.26. The molecule has 0 aromatic rings. The van der Waals surface area contributed by atoms with Crippen LogP contribution in [0.15, 0.2) is 0 Å². The topological polar surface area (TPSA) is 49.4 Å². The Morgan fingerprint density at radius 1 is 1.40 bits per heavy atom. The van der Waals surface area contributed by atoms with E-state index in [-0.39, 0.29) is 0 Å². The van der Waals surface area contributed by atoms with Crippen LogP contribution in [0, 0.1) is 0 Å². The van der Waals surface area contributed by atoms with Crippen molar-refractivity contribution in [3.05, 3.63) is 0 Å². The first-order chi connectivity index (χ1) is 7.07. The molecule has 1 rings (SSSR count). The molecule has 1 heterocycles. The van der Waals surface area contributed by atoms with Gasteiger partial charge in [-0.15, -0.1) is 0 Å². The Morgan fingerprint density at radius 3 is 2.67 bits per heavy atom. The van der Waals surface area contributed by atoms with Crippen molar-refractivity contribution < 1.29 is 8.42 Å². The van der Waals surface area contributed by atoms with Crippen LogP contribution in [0.1, 0.15) is 19.8 Å². The van der Waals surface area contributed by atoms with Crippen LogP contribution in [-0.4, -0.2) is 57.5 Å². The molecule has 5 heteroatoms. The van der Waals surface area contributed by atoms with E-state index in [1.54, 1.807) is 0 Å². The van der Waals surface area contributed by atoms with E-state index in [2.05, 4.69) is 10.2 Å². The minimum Gasteiger partial charge on any atom is -0.316 e. The van der Waals surface area contributed by atoms with Gasteiger partial charge in [0.25, 0.3) is 0 Å². The van der Waals surface area contributed by atoms with E-state index in [0.29, 0.717) is 24.1 Å². The predicted molar refractivity (Wildman–Crippen MR) is 62.8 cm³/mol. The van der Waals surface area contributed by atoms with E-state index in [0.717, 1.165) is 25.9 Å². The van der Waals surface area contributed by atoms with Crippen LogP contribution in [0.25, 0.3) is 0 Å². The third-order valence-electron chi connectivity index (χ3n) is 2.91. The zero-order valence-corrected chi connectivity index (χ0v) is 10.5. The molecule has 1 unspecified atom stereocenters. The van der Waals surface area contributed by atoms with Crippen LogP contribution in [0.2, 0.25) is 0 Å². The van der Waals surface area contributed by atoms with Gasteiger partial charge in [0.05, 0.1) is 5.75 Å². The zero-order valence-electron chi connectivity index (χ0n) is 9.70. The summed E-state index contributed by atoms with van der Waals surface area (Å²) in [6.07, 6.45) is 1.85. The number of sulfone groups is 1. The molecule has 1 aliphatic rings. The van der Waals surface area contributed by atoms with Gasteiger partial charge in [0.1, 0.15) is 0 Å². The van der Waals surface area contributed by atoms with E-state index in [9.17, 15) is 8.42 Å². The maximum absolute atomic E-state index is 11.5. The first-order valence-electron chi connectivity index (χ1n) is 5.67. The van der Waals surface area contributed by atoms with Crippen molar-refractivity contribution in [2.24, 2.45) is 0 Å². The SMILES string of the molecule is CCCS(=O)(=O)CCN1CCC(NC)C1. The van der Waals surface area contributed by atoms with Crippen LogP contribution in [0.5, 0.6) is 0 Å². The van der Waals surface area contributed by atoms with Gasteiger partial charge in [-0.05, 0) is 26.4 Å². The Morgan fingerprint density at radius 2 is 2.13 bits per heavy atom. The van der Waals surface area contributed by atoms with E-state index >= 15 is 0 Å². The molecule has 1 saturated heterocycles. The third kappa shape index (κ3) is 4.49. The summed E-state index contributed by atoms with van der Waals surface area (Å²) in [7, 11) is -0.845. The lowest BCUT2D eigenvalue weighted by Gasteiger charge is -2.15. The molecule has 0 radical (unpaired) electrons. The van der Waals surface area contributed by atoms with E-state index < -0.39 is 9.84 Å². The highest BCUT2D eigenvalue weighted by molar-refractivity contribution is 7.91. The summed E-state index contributed by atoms with van der Waals surface area (Å²) in [5, 5.41) is 3.23. The first-order valence-corrected chi connectivity index (χ1v) is 7.49. The minimum absolute atomic E-state index is 0.317. The Labute approximate surface area is 93.0 Å². The molecule has 1 aliphatic heterocycles. The molecule has 90 valence electrons. The summed E-state index contributed by atoms with van der Waals surface area (Å²) < 4.78 is 23.0. The number of nitrogens with zero attached hydrogens (tertiary/aromatic N) is 1. The van der Waals surface area contributed by atoms with E-state index in [4.69, 9.17) is 0 Å². The van der Waals surface area contributed by atoms with Crippen LogP contribution < -0.4 is 5.32 Å². The number of likely N-dealkylation sites (N-methyl/N-ethyl adjacent to an activating group) is 1. The molecule has 0 aromatic heterocycles. The molecule has 1 fully saturated rings. The molecule has 1 atom stereocenters. The molecule has 1 N–H and O–H groups in total. The molecule has 4 nitrogen and oxygen atoms in total. The lowest BCUT2D eigenvalue weighted by Crippen LogP contribution is -2.32. The normalized spacial score (nSPS) is 23.5. The fourth-order valence-corrected chi connectivity index (χ4v) is 3.32. The van der Waals surface area contributed by atoms with Gasteiger partial charge in [-0.3, -0.25) is 0 Å². The number of likely N-dealkylation sites (tertiary alicyclic amines) is 1. The Bertz CT molecular complexity index is 277. The second kappa shape index (κ2) is 5.82. The maximum Gasteiger partial charge on any atom is 0.151 e. The summed E-state index contributed by atoms with van der Waals surface area (Å²) in [4.78, 5) is 2.23. The molecule has 0 spiro atoms. The van der Waals surface area contributed by atoms with Crippen molar-refractivity contribution in [2.75, 3.05) is 38.2 Å². The lowest BCUT2D eigenvalue weighted by atomic mass is 10.3. The predicted octanol–water partition coefficient (Wildman–Crippen LogP) is 0.105.